The van der Waals surface area contributed by atoms with E-state index in [1.807, 2.05) is 87.2 Å². The number of ketones is 1. The average molecular weight is 672 g/mol. The van der Waals surface area contributed by atoms with Crippen molar-refractivity contribution in [1.29, 1.82) is 0 Å². The van der Waals surface area contributed by atoms with Crippen molar-refractivity contribution in [3.05, 3.63) is 111 Å². The summed E-state index contributed by atoms with van der Waals surface area (Å²) < 4.78 is 17.5. The highest BCUT2D eigenvalue weighted by atomic mass is 16.5. The molecule has 1 fully saturated rings. The quantitative estimate of drug-likeness (QED) is 0.108. The molecule has 0 N–H and O–H groups in total. The van der Waals surface area contributed by atoms with E-state index in [0.717, 1.165) is 35.1 Å². The van der Waals surface area contributed by atoms with Gasteiger partial charge < -0.3 is 28.6 Å². The van der Waals surface area contributed by atoms with Crippen molar-refractivity contribution in [3.8, 4) is 11.1 Å². The van der Waals surface area contributed by atoms with Crippen molar-refractivity contribution >= 4 is 23.3 Å². The predicted molar refractivity (Wildman–Crippen MR) is 192 cm³/mol. The topological polar surface area (TPSA) is 107 Å². The summed E-state index contributed by atoms with van der Waals surface area (Å²) in [5.74, 6) is -1.55. The smallest absolute Gasteiger partial charge is 0.343 e. The number of carbonyl (C=O) groups is 3. The highest BCUT2D eigenvalue weighted by Crippen LogP contribution is 2.25. The number of Topliss-reactive ketones (excluding diaryl/α,β-unsaturated/α-hetero) is 1. The molecule has 0 atom stereocenters. The van der Waals surface area contributed by atoms with Gasteiger partial charge in [-0.2, -0.15) is 0 Å². The zero-order chi connectivity index (χ0) is 36.1. The number of allylic oxidation sites excluding steroid dienone is 1. The van der Waals surface area contributed by atoms with Crippen LogP contribution in [0.5, 0.6) is 0 Å². The molecular weight excluding hydrogens is 622 g/mol. The van der Waals surface area contributed by atoms with Gasteiger partial charge in [-0.25, -0.2) is 9.59 Å². The monoisotopic (exact) mass is 671 g/mol. The molecule has 0 aliphatic carbocycles. The maximum Gasteiger partial charge on any atom is 0.343 e. The van der Waals surface area contributed by atoms with Gasteiger partial charge in [0.15, 0.2) is 0 Å². The second-order valence-corrected chi connectivity index (χ2v) is 12.2. The summed E-state index contributed by atoms with van der Waals surface area (Å²) in [7, 11) is 7.18. The molecule has 0 spiro atoms. The van der Waals surface area contributed by atoms with Gasteiger partial charge in [-0.1, -0.05) is 59.7 Å². The molecule has 1 aliphatic heterocycles. The maximum atomic E-state index is 13.0. The van der Waals surface area contributed by atoms with E-state index < -0.39 is 11.9 Å². The zero-order valence-corrected chi connectivity index (χ0v) is 29.9. The van der Waals surface area contributed by atoms with Crippen molar-refractivity contribution in [1.82, 2.24) is 14.4 Å². The van der Waals surface area contributed by atoms with Gasteiger partial charge in [0, 0.05) is 83.4 Å². The summed E-state index contributed by atoms with van der Waals surface area (Å²) in [6.07, 6.45) is 8.42. The molecule has 0 bridgehead atoms. The van der Waals surface area contributed by atoms with Crippen LogP contribution in [0.15, 0.2) is 83.7 Å². The fourth-order valence-electron chi connectivity index (χ4n) is 5.16. The first-order valence-electron chi connectivity index (χ1n) is 16.5. The number of hydrogen-bond donors (Lipinski definition) is 0. The molecular formula is C39H49N3O7. The molecule has 2 heterocycles. The van der Waals surface area contributed by atoms with Crippen LogP contribution in [0.4, 0.5) is 0 Å². The minimum absolute atomic E-state index is 0.00975. The van der Waals surface area contributed by atoms with Crippen molar-refractivity contribution in [2.45, 2.75) is 46.6 Å². The largest absolute Gasteiger partial charge is 0.462 e. The second kappa shape index (κ2) is 18.5. The molecule has 0 radical (unpaired) electrons. The summed E-state index contributed by atoms with van der Waals surface area (Å²) >= 11 is 0. The molecule has 49 heavy (non-hydrogen) atoms. The Hall–Kier alpha value is -4.96. The standard InChI is InChI=1S/C20H23NO4.C19H26N2O3/c1-3-25-20(23)18-13-21(16-8-10-24-11-9-16)12-17(19(18)22)15-6-4-14(2)5-7-15;1-7-24-19(23)17(13-21(5)6)18(22)16(12-20(3)4)15-10-8-14(2)9-11-15/h4-7,12-13,16H,3,8-11H2,1-2H3;8-13H,7H2,1-6H3. The van der Waals surface area contributed by atoms with E-state index in [4.69, 9.17) is 14.2 Å². The SMILES string of the molecule is CCOC(=O)C(=CN(C)C)C(=O)C(=CN(C)C)c1ccc(C)cc1.CCOC(=O)c1cn(C2CCOCC2)cc(-c2ccc(C)cc2)c1=O. The Morgan fingerprint density at radius 1 is 0.816 bits per heavy atom. The number of aryl methyl sites for hydroxylation is 2. The number of rotatable bonds is 11. The summed E-state index contributed by atoms with van der Waals surface area (Å²) in [5, 5.41) is 0. The van der Waals surface area contributed by atoms with Crippen LogP contribution in [0.3, 0.4) is 0 Å². The van der Waals surface area contributed by atoms with E-state index in [2.05, 4.69) is 0 Å². The first-order valence-corrected chi connectivity index (χ1v) is 16.5. The molecule has 2 aromatic carbocycles. The van der Waals surface area contributed by atoms with Gasteiger partial charge in [0.05, 0.1) is 13.2 Å². The minimum Gasteiger partial charge on any atom is -0.462 e. The molecule has 1 aromatic heterocycles. The van der Waals surface area contributed by atoms with Gasteiger partial charge in [0.2, 0.25) is 11.2 Å². The fraction of sp³-hybridized carbons (Fsp3) is 0.385. The Labute approximate surface area is 289 Å². The molecule has 0 amide bonds. The molecule has 0 saturated carbocycles. The lowest BCUT2D eigenvalue weighted by molar-refractivity contribution is -0.139. The summed E-state index contributed by atoms with van der Waals surface area (Å²) in [6, 6.07) is 15.6. The van der Waals surface area contributed by atoms with Crippen molar-refractivity contribution < 1.29 is 28.6 Å². The van der Waals surface area contributed by atoms with E-state index in [-0.39, 0.29) is 41.6 Å². The lowest BCUT2D eigenvalue weighted by Gasteiger charge is -2.26. The lowest BCUT2D eigenvalue weighted by Crippen LogP contribution is -2.25. The van der Waals surface area contributed by atoms with Gasteiger partial charge in [-0.3, -0.25) is 9.59 Å². The second-order valence-electron chi connectivity index (χ2n) is 12.2. The third-order valence-corrected chi connectivity index (χ3v) is 7.64. The van der Waals surface area contributed by atoms with Gasteiger partial charge in [0.25, 0.3) is 0 Å². The number of esters is 2. The van der Waals surface area contributed by atoms with Crippen molar-refractivity contribution in [2.24, 2.45) is 0 Å². The number of hydrogen-bond acceptors (Lipinski definition) is 9. The highest BCUT2D eigenvalue weighted by molar-refractivity contribution is 6.37. The van der Waals surface area contributed by atoms with E-state index in [0.29, 0.717) is 24.4 Å². The molecule has 0 unspecified atom stereocenters. The summed E-state index contributed by atoms with van der Waals surface area (Å²) in [4.78, 5) is 53.8. The van der Waals surface area contributed by atoms with Gasteiger partial charge in [0.1, 0.15) is 11.1 Å². The van der Waals surface area contributed by atoms with Crippen LogP contribution < -0.4 is 5.43 Å². The minimum atomic E-state index is -0.618. The Balaban J connectivity index is 0.000000266. The fourth-order valence-corrected chi connectivity index (χ4v) is 5.16. The summed E-state index contributed by atoms with van der Waals surface area (Å²) in [5.41, 5.74) is 4.57. The third kappa shape index (κ3) is 11.0. The molecule has 1 aliphatic rings. The Morgan fingerprint density at radius 3 is 1.90 bits per heavy atom. The molecule has 3 aromatic rings. The number of ether oxygens (including phenoxy) is 3. The number of benzene rings is 2. The first-order chi connectivity index (χ1) is 23.4. The van der Waals surface area contributed by atoms with E-state index in [1.165, 1.54) is 6.20 Å². The van der Waals surface area contributed by atoms with Crippen molar-refractivity contribution in [3.63, 3.8) is 0 Å². The summed E-state index contributed by atoms with van der Waals surface area (Å²) in [6.45, 7) is 9.26. The Kier molecular flexibility index (Phi) is 14.6. The lowest BCUT2D eigenvalue weighted by atomic mass is 9.97. The van der Waals surface area contributed by atoms with Crippen LogP contribution in [0.1, 0.15) is 59.8 Å². The zero-order valence-electron chi connectivity index (χ0n) is 29.9. The van der Waals surface area contributed by atoms with Crippen molar-refractivity contribution in [2.75, 3.05) is 54.6 Å². The third-order valence-electron chi connectivity index (χ3n) is 7.64. The first kappa shape index (κ1) is 38.5. The predicted octanol–water partition coefficient (Wildman–Crippen LogP) is 5.83. The van der Waals surface area contributed by atoms with E-state index >= 15 is 0 Å². The molecule has 1 saturated heterocycles. The number of nitrogens with zero attached hydrogens (tertiary/aromatic N) is 3. The molecule has 4 rings (SSSR count). The van der Waals surface area contributed by atoms with Gasteiger partial charge in [-0.15, -0.1) is 0 Å². The normalized spacial score (nSPS) is 13.6. The van der Waals surface area contributed by atoms with Crippen LogP contribution in [0, 0.1) is 13.8 Å². The number of carbonyl (C=O) groups excluding carboxylic acids is 3. The van der Waals surface area contributed by atoms with Gasteiger partial charge >= 0.3 is 11.9 Å². The average Bonchev–Trinajstić information content (AvgIpc) is 3.07. The molecule has 262 valence electrons. The van der Waals surface area contributed by atoms with E-state index in [9.17, 15) is 19.2 Å². The maximum absolute atomic E-state index is 13.0. The van der Waals surface area contributed by atoms with Gasteiger partial charge in [-0.05, 0) is 51.7 Å². The van der Waals surface area contributed by atoms with Crippen LogP contribution in [0.25, 0.3) is 16.7 Å². The molecule has 10 nitrogen and oxygen atoms in total. The Bertz CT molecular complexity index is 1700. The molecule has 10 heteroatoms. The highest BCUT2D eigenvalue weighted by Gasteiger charge is 2.25. The van der Waals surface area contributed by atoms with Crippen LogP contribution >= 0.6 is 0 Å². The van der Waals surface area contributed by atoms with E-state index in [1.54, 1.807) is 50.1 Å². The number of pyridine rings is 1. The number of aromatic nitrogens is 1. The van der Waals surface area contributed by atoms with Crippen LogP contribution in [-0.4, -0.2) is 86.7 Å². The Morgan fingerprint density at radius 2 is 1.37 bits per heavy atom. The van der Waals surface area contributed by atoms with Crippen LogP contribution in [0.2, 0.25) is 0 Å². The van der Waals surface area contributed by atoms with Crippen LogP contribution in [-0.2, 0) is 23.8 Å².